The Morgan fingerprint density at radius 2 is 1.45 bits per heavy atom. The minimum atomic E-state index is -3.68. The van der Waals surface area contributed by atoms with E-state index >= 15 is 0 Å². The molecule has 1 unspecified atom stereocenters. The van der Waals surface area contributed by atoms with Crippen molar-refractivity contribution in [3.8, 4) is 11.5 Å². The summed E-state index contributed by atoms with van der Waals surface area (Å²) in [5.41, 5.74) is 2.75. The van der Waals surface area contributed by atoms with Crippen LogP contribution < -0.4 is 14.2 Å². The van der Waals surface area contributed by atoms with Gasteiger partial charge in [0, 0.05) is 0 Å². The van der Waals surface area contributed by atoms with Gasteiger partial charge in [0.2, 0.25) is 10.0 Å². The predicted octanol–water partition coefficient (Wildman–Crippen LogP) is 4.27. The van der Waals surface area contributed by atoms with Gasteiger partial charge in [0.25, 0.3) is 0 Å². The van der Waals surface area contributed by atoms with Crippen molar-refractivity contribution >= 4 is 10.0 Å². The number of benzene rings is 3. The lowest BCUT2D eigenvalue weighted by atomic mass is 9.99. The molecule has 0 saturated heterocycles. The van der Waals surface area contributed by atoms with Crippen molar-refractivity contribution in [3.63, 3.8) is 0 Å². The lowest BCUT2D eigenvalue weighted by molar-refractivity contribution is 0.414. The van der Waals surface area contributed by atoms with Crippen LogP contribution in [0.4, 0.5) is 0 Å². The fraction of sp³-hybridized carbons (Fsp3) is 0.217. The number of rotatable bonds is 8. The molecule has 0 bridgehead atoms. The van der Waals surface area contributed by atoms with E-state index in [0.29, 0.717) is 6.42 Å². The van der Waals surface area contributed by atoms with E-state index in [1.165, 1.54) is 0 Å². The van der Waals surface area contributed by atoms with Gasteiger partial charge in [-0.25, -0.2) is 13.1 Å². The summed E-state index contributed by atoms with van der Waals surface area (Å²) in [6.07, 6.45) is 0.501. The molecule has 152 valence electrons. The minimum absolute atomic E-state index is 0.255. The fourth-order valence-corrected chi connectivity index (χ4v) is 4.43. The molecule has 0 saturated carbocycles. The molecule has 0 fully saturated rings. The zero-order chi connectivity index (χ0) is 20.9. The first kappa shape index (κ1) is 20.9. The maximum Gasteiger partial charge on any atom is 0.241 e. The van der Waals surface area contributed by atoms with Crippen LogP contribution in [0.15, 0.2) is 77.7 Å². The highest BCUT2D eigenvalue weighted by atomic mass is 32.2. The lowest BCUT2D eigenvalue weighted by Crippen LogP contribution is -2.30. The highest BCUT2D eigenvalue weighted by Gasteiger charge is 2.22. The van der Waals surface area contributed by atoms with Crippen LogP contribution in [0.3, 0.4) is 0 Å². The zero-order valence-electron chi connectivity index (χ0n) is 16.8. The van der Waals surface area contributed by atoms with Crippen LogP contribution in [-0.4, -0.2) is 22.6 Å². The van der Waals surface area contributed by atoms with E-state index in [-0.39, 0.29) is 4.90 Å². The third-order valence-corrected chi connectivity index (χ3v) is 6.18. The number of aryl methyl sites for hydroxylation is 1. The number of nitrogens with one attached hydrogen (secondary N) is 1. The average molecular weight is 412 g/mol. The van der Waals surface area contributed by atoms with Crippen LogP contribution >= 0.6 is 0 Å². The van der Waals surface area contributed by atoms with Crippen molar-refractivity contribution in [2.24, 2.45) is 0 Å². The molecule has 29 heavy (non-hydrogen) atoms. The van der Waals surface area contributed by atoms with Gasteiger partial charge in [0.15, 0.2) is 0 Å². The molecular weight excluding hydrogens is 386 g/mol. The average Bonchev–Trinajstić information content (AvgIpc) is 2.74. The molecule has 0 amide bonds. The van der Waals surface area contributed by atoms with Gasteiger partial charge in [-0.2, -0.15) is 0 Å². The van der Waals surface area contributed by atoms with Crippen LogP contribution in [0.2, 0.25) is 0 Å². The molecule has 3 aromatic rings. The van der Waals surface area contributed by atoms with Crippen LogP contribution in [0.25, 0.3) is 0 Å². The summed E-state index contributed by atoms with van der Waals surface area (Å²) in [6, 6.07) is 21.5. The molecule has 3 rings (SSSR count). The Labute approximate surface area is 172 Å². The van der Waals surface area contributed by atoms with Crippen molar-refractivity contribution in [2.45, 2.75) is 24.3 Å². The second kappa shape index (κ2) is 9.11. The van der Waals surface area contributed by atoms with Crippen molar-refractivity contribution in [2.75, 3.05) is 14.2 Å². The Balaban J connectivity index is 1.92. The fourth-order valence-electron chi connectivity index (χ4n) is 3.10. The van der Waals surface area contributed by atoms with E-state index in [1.807, 2.05) is 61.5 Å². The first-order valence-corrected chi connectivity index (χ1v) is 10.8. The smallest absolute Gasteiger partial charge is 0.241 e. The number of ether oxygens (including phenoxy) is 2. The maximum absolute atomic E-state index is 13.0. The van der Waals surface area contributed by atoms with Crippen LogP contribution in [0.1, 0.15) is 22.7 Å². The molecule has 0 radical (unpaired) electrons. The van der Waals surface area contributed by atoms with E-state index in [4.69, 9.17) is 9.47 Å². The summed E-state index contributed by atoms with van der Waals surface area (Å²) >= 11 is 0. The molecule has 1 N–H and O–H groups in total. The molecule has 0 spiro atoms. The van der Waals surface area contributed by atoms with Crippen molar-refractivity contribution in [1.29, 1.82) is 0 Å². The first-order chi connectivity index (χ1) is 13.9. The van der Waals surface area contributed by atoms with E-state index in [9.17, 15) is 8.42 Å². The van der Waals surface area contributed by atoms with Crippen molar-refractivity contribution in [1.82, 2.24) is 4.72 Å². The summed E-state index contributed by atoms with van der Waals surface area (Å²) < 4.78 is 39.4. The number of sulfonamides is 1. The molecule has 6 heteroatoms. The number of hydrogen-bond donors (Lipinski definition) is 1. The molecule has 0 aromatic heterocycles. The van der Waals surface area contributed by atoms with Gasteiger partial charge in [0.1, 0.15) is 11.5 Å². The number of methoxy groups -OCH3 is 2. The topological polar surface area (TPSA) is 64.6 Å². The van der Waals surface area contributed by atoms with Crippen LogP contribution in [0, 0.1) is 6.92 Å². The van der Waals surface area contributed by atoms with E-state index in [2.05, 4.69) is 4.72 Å². The lowest BCUT2D eigenvalue weighted by Gasteiger charge is -2.20. The Bertz CT molecular complexity index is 1040. The molecule has 0 aliphatic heterocycles. The van der Waals surface area contributed by atoms with E-state index in [0.717, 1.165) is 28.2 Å². The van der Waals surface area contributed by atoms with E-state index in [1.54, 1.807) is 32.4 Å². The van der Waals surface area contributed by atoms with Gasteiger partial charge in [-0.15, -0.1) is 0 Å². The summed E-state index contributed by atoms with van der Waals surface area (Å²) in [5.74, 6) is 1.48. The van der Waals surface area contributed by atoms with Crippen LogP contribution in [-0.2, 0) is 16.4 Å². The van der Waals surface area contributed by atoms with Gasteiger partial charge < -0.3 is 9.47 Å². The largest absolute Gasteiger partial charge is 0.497 e. The normalized spacial score (nSPS) is 12.4. The van der Waals surface area contributed by atoms with Crippen LogP contribution in [0.5, 0.6) is 11.5 Å². The molecule has 0 aliphatic rings. The first-order valence-electron chi connectivity index (χ1n) is 9.27. The summed E-state index contributed by atoms with van der Waals surface area (Å²) in [5, 5.41) is 0. The molecule has 0 heterocycles. The Kier molecular flexibility index (Phi) is 6.56. The molecule has 1 atom stereocenters. The highest BCUT2D eigenvalue weighted by molar-refractivity contribution is 7.89. The second-order valence-corrected chi connectivity index (χ2v) is 8.53. The predicted molar refractivity (Wildman–Crippen MR) is 114 cm³/mol. The van der Waals surface area contributed by atoms with Gasteiger partial charge in [-0.3, -0.25) is 0 Å². The van der Waals surface area contributed by atoms with Crippen molar-refractivity contribution < 1.29 is 17.9 Å². The maximum atomic E-state index is 13.0. The Morgan fingerprint density at radius 1 is 0.862 bits per heavy atom. The minimum Gasteiger partial charge on any atom is -0.497 e. The summed E-state index contributed by atoms with van der Waals surface area (Å²) in [7, 11) is -0.467. The quantitative estimate of drug-likeness (QED) is 0.601. The zero-order valence-corrected chi connectivity index (χ0v) is 17.6. The van der Waals surface area contributed by atoms with E-state index < -0.39 is 16.1 Å². The highest BCUT2D eigenvalue weighted by Crippen LogP contribution is 2.25. The summed E-state index contributed by atoms with van der Waals surface area (Å²) in [6.45, 7) is 1.87. The summed E-state index contributed by atoms with van der Waals surface area (Å²) in [4.78, 5) is 0.255. The molecule has 3 aromatic carbocycles. The third-order valence-electron chi connectivity index (χ3n) is 4.71. The molecular formula is C23H25NO4S. The second-order valence-electron chi connectivity index (χ2n) is 6.82. The standard InChI is InChI=1S/C23H25NO4S/c1-17-5-4-6-22(15-17)29(25,26)24-23(19-9-13-21(28-3)14-10-19)16-18-7-11-20(27-2)12-8-18/h4-15,23-24H,16H2,1-3H3. The third kappa shape index (κ3) is 5.37. The SMILES string of the molecule is COc1ccc(CC(NS(=O)(=O)c2cccc(C)c2)c2ccc(OC)cc2)cc1. The Morgan fingerprint density at radius 3 is 2.00 bits per heavy atom. The van der Waals surface area contributed by atoms with Gasteiger partial charge in [0.05, 0.1) is 25.2 Å². The number of hydrogen-bond acceptors (Lipinski definition) is 4. The molecule has 0 aliphatic carbocycles. The Hall–Kier alpha value is -2.83. The van der Waals surface area contributed by atoms with Crippen molar-refractivity contribution in [3.05, 3.63) is 89.5 Å². The molecule has 5 nitrogen and oxygen atoms in total. The van der Waals surface area contributed by atoms with Gasteiger partial charge >= 0.3 is 0 Å². The van der Waals surface area contributed by atoms with Gasteiger partial charge in [-0.1, -0.05) is 36.4 Å². The van der Waals surface area contributed by atoms with Gasteiger partial charge in [-0.05, 0) is 66.4 Å². The monoisotopic (exact) mass is 411 g/mol.